The van der Waals surface area contributed by atoms with E-state index in [1.807, 2.05) is 18.0 Å². The summed E-state index contributed by atoms with van der Waals surface area (Å²) >= 11 is 0. The standard InChI is InChI=1S/C17H27N3O3/c1-2-20-13-15(12-18-20)16(22)19-7-5-17(6-8-19)11-14(3-9-21)4-10-23-17/h12-14,21H,2-11H2,1H3. The number of hydrogen-bond donors (Lipinski definition) is 1. The number of aromatic nitrogens is 2. The van der Waals surface area contributed by atoms with Crippen LogP contribution < -0.4 is 0 Å². The molecule has 1 aromatic heterocycles. The number of carbonyl (C=O) groups excluding carboxylic acids is 1. The number of ether oxygens (including phenoxy) is 1. The number of amides is 1. The summed E-state index contributed by atoms with van der Waals surface area (Å²) < 4.78 is 7.88. The Labute approximate surface area is 137 Å². The number of likely N-dealkylation sites (tertiary alicyclic amines) is 1. The van der Waals surface area contributed by atoms with Gasteiger partial charge in [0.05, 0.1) is 17.4 Å². The Morgan fingerprint density at radius 2 is 2.26 bits per heavy atom. The minimum absolute atomic E-state index is 0.0715. The topological polar surface area (TPSA) is 67.6 Å². The van der Waals surface area contributed by atoms with Crippen LogP contribution in [-0.2, 0) is 11.3 Å². The van der Waals surface area contributed by atoms with Crippen LogP contribution in [0.3, 0.4) is 0 Å². The molecular weight excluding hydrogens is 294 g/mol. The quantitative estimate of drug-likeness (QED) is 0.916. The SMILES string of the molecule is CCn1cc(C(=O)N2CCC3(CC2)CC(CCO)CCO3)cn1. The van der Waals surface area contributed by atoms with E-state index in [4.69, 9.17) is 9.84 Å². The summed E-state index contributed by atoms with van der Waals surface area (Å²) in [4.78, 5) is 14.5. The molecule has 128 valence electrons. The largest absolute Gasteiger partial charge is 0.396 e. The first-order valence-corrected chi connectivity index (χ1v) is 8.72. The van der Waals surface area contributed by atoms with Crippen molar-refractivity contribution in [3.05, 3.63) is 18.0 Å². The average molecular weight is 321 g/mol. The molecule has 1 amide bonds. The fraction of sp³-hybridized carbons (Fsp3) is 0.765. The van der Waals surface area contributed by atoms with Gasteiger partial charge in [0.2, 0.25) is 0 Å². The van der Waals surface area contributed by atoms with E-state index >= 15 is 0 Å². The molecule has 0 radical (unpaired) electrons. The number of carbonyl (C=O) groups is 1. The van der Waals surface area contributed by atoms with Gasteiger partial charge in [-0.1, -0.05) is 0 Å². The maximum absolute atomic E-state index is 12.6. The zero-order valence-corrected chi connectivity index (χ0v) is 13.9. The van der Waals surface area contributed by atoms with Gasteiger partial charge in [-0.15, -0.1) is 0 Å². The van der Waals surface area contributed by atoms with Crippen LogP contribution in [0, 0.1) is 5.92 Å². The molecule has 2 aliphatic rings. The zero-order chi connectivity index (χ0) is 16.3. The Morgan fingerprint density at radius 3 is 2.91 bits per heavy atom. The number of hydrogen-bond acceptors (Lipinski definition) is 4. The molecule has 0 aromatic carbocycles. The van der Waals surface area contributed by atoms with Gasteiger partial charge in [-0.05, 0) is 44.9 Å². The summed E-state index contributed by atoms with van der Waals surface area (Å²) in [6.45, 7) is 5.30. The minimum atomic E-state index is -0.0809. The molecule has 2 saturated heterocycles. The first kappa shape index (κ1) is 16.5. The van der Waals surface area contributed by atoms with Gasteiger partial charge in [-0.25, -0.2) is 0 Å². The number of rotatable bonds is 4. The number of aryl methyl sites for hydroxylation is 1. The fourth-order valence-electron chi connectivity index (χ4n) is 3.85. The van der Waals surface area contributed by atoms with Crippen molar-refractivity contribution in [1.82, 2.24) is 14.7 Å². The average Bonchev–Trinajstić information content (AvgIpc) is 3.05. The summed E-state index contributed by atoms with van der Waals surface area (Å²) in [6, 6.07) is 0. The Bertz CT molecular complexity index is 533. The molecule has 0 saturated carbocycles. The van der Waals surface area contributed by atoms with Crippen LogP contribution in [0.25, 0.3) is 0 Å². The molecule has 6 heteroatoms. The first-order valence-electron chi connectivity index (χ1n) is 8.72. The molecule has 1 spiro atoms. The third kappa shape index (κ3) is 3.58. The minimum Gasteiger partial charge on any atom is -0.396 e. The van der Waals surface area contributed by atoms with Crippen LogP contribution in [0.1, 0.15) is 49.4 Å². The van der Waals surface area contributed by atoms with E-state index in [1.54, 1.807) is 10.9 Å². The van der Waals surface area contributed by atoms with Gasteiger partial charge in [0.25, 0.3) is 5.91 Å². The van der Waals surface area contributed by atoms with Crippen molar-refractivity contribution in [2.75, 3.05) is 26.3 Å². The normalized spacial score (nSPS) is 24.1. The van der Waals surface area contributed by atoms with Crippen LogP contribution in [0.15, 0.2) is 12.4 Å². The molecule has 0 aliphatic carbocycles. The highest BCUT2D eigenvalue weighted by Gasteiger charge is 2.41. The van der Waals surface area contributed by atoms with Crippen molar-refractivity contribution in [3.63, 3.8) is 0 Å². The van der Waals surface area contributed by atoms with Crippen molar-refractivity contribution in [2.24, 2.45) is 5.92 Å². The molecule has 2 aliphatic heterocycles. The number of aliphatic hydroxyl groups is 1. The third-order valence-corrected chi connectivity index (χ3v) is 5.30. The van der Waals surface area contributed by atoms with E-state index in [0.29, 0.717) is 11.5 Å². The lowest BCUT2D eigenvalue weighted by Crippen LogP contribution is -2.50. The van der Waals surface area contributed by atoms with E-state index in [2.05, 4.69) is 5.10 Å². The lowest BCUT2D eigenvalue weighted by Gasteiger charge is -2.46. The maximum atomic E-state index is 12.6. The monoisotopic (exact) mass is 321 g/mol. The molecule has 1 atom stereocenters. The number of piperidine rings is 1. The van der Waals surface area contributed by atoms with Gasteiger partial charge >= 0.3 is 0 Å². The lowest BCUT2D eigenvalue weighted by molar-refractivity contribution is -0.125. The van der Waals surface area contributed by atoms with Gasteiger partial charge in [-0.2, -0.15) is 5.10 Å². The predicted octanol–water partition coefficient (Wildman–Crippen LogP) is 1.69. The Hall–Kier alpha value is -1.40. The van der Waals surface area contributed by atoms with Crippen molar-refractivity contribution in [3.8, 4) is 0 Å². The zero-order valence-electron chi connectivity index (χ0n) is 13.9. The molecular formula is C17H27N3O3. The van der Waals surface area contributed by atoms with Crippen molar-refractivity contribution in [2.45, 2.75) is 51.2 Å². The van der Waals surface area contributed by atoms with Gasteiger partial charge in [0.15, 0.2) is 0 Å². The number of aliphatic hydroxyl groups excluding tert-OH is 1. The number of nitrogens with zero attached hydrogens (tertiary/aromatic N) is 3. The highest BCUT2D eigenvalue weighted by Crippen LogP contribution is 2.38. The Balaban J connectivity index is 1.58. The second kappa shape index (κ2) is 7.01. The predicted molar refractivity (Wildman–Crippen MR) is 86.1 cm³/mol. The fourth-order valence-corrected chi connectivity index (χ4v) is 3.85. The summed E-state index contributed by atoms with van der Waals surface area (Å²) in [5, 5.41) is 13.4. The summed E-state index contributed by atoms with van der Waals surface area (Å²) in [5.41, 5.74) is 0.591. The molecule has 1 aromatic rings. The second-order valence-electron chi connectivity index (χ2n) is 6.78. The van der Waals surface area contributed by atoms with Crippen molar-refractivity contribution in [1.29, 1.82) is 0 Å². The molecule has 0 bridgehead atoms. The van der Waals surface area contributed by atoms with Crippen LogP contribution in [-0.4, -0.2) is 57.6 Å². The smallest absolute Gasteiger partial charge is 0.257 e. The van der Waals surface area contributed by atoms with Crippen LogP contribution in [0.2, 0.25) is 0 Å². The third-order valence-electron chi connectivity index (χ3n) is 5.30. The van der Waals surface area contributed by atoms with Gasteiger partial charge < -0.3 is 14.7 Å². The highest BCUT2D eigenvalue weighted by molar-refractivity contribution is 5.93. The Morgan fingerprint density at radius 1 is 1.48 bits per heavy atom. The Kier molecular flexibility index (Phi) is 5.02. The van der Waals surface area contributed by atoms with E-state index in [1.165, 1.54) is 0 Å². The first-order chi connectivity index (χ1) is 11.2. The molecule has 23 heavy (non-hydrogen) atoms. The molecule has 3 rings (SSSR count). The summed E-state index contributed by atoms with van der Waals surface area (Å²) in [5.74, 6) is 0.626. The molecule has 1 unspecified atom stereocenters. The van der Waals surface area contributed by atoms with Gasteiger partial charge in [0, 0.05) is 39.0 Å². The maximum Gasteiger partial charge on any atom is 0.257 e. The summed E-state index contributed by atoms with van der Waals surface area (Å²) in [6.07, 6.45) is 8.19. The van der Waals surface area contributed by atoms with Crippen LogP contribution in [0.5, 0.6) is 0 Å². The van der Waals surface area contributed by atoms with E-state index in [9.17, 15) is 4.79 Å². The van der Waals surface area contributed by atoms with Gasteiger partial charge in [0.1, 0.15) is 0 Å². The van der Waals surface area contributed by atoms with Crippen molar-refractivity contribution < 1.29 is 14.6 Å². The van der Waals surface area contributed by atoms with Crippen molar-refractivity contribution >= 4 is 5.91 Å². The van der Waals surface area contributed by atoms with Crippen LogP contribution in [0.4, 0.5) is 0 Å². The van der Waals surface area contributed by atoms with Gasteiger partial charge in [-0.3, -0.25) is 9.48 Å². The highest BCUT2D eigenvalue weighted by atomic mass is 16.5. The lowest BCUT2D eigenvalue weighted by atomic mass is 9.78. The van der Waals surface area contributed by atoms with E-state index < -0.39 is 0 Å². The second-order valence-corrected chi connectivity index (χ2v) is 6.78. The molecule has 6 nitrogen and oxygen atoms in total. The van der Waals surface area contributed by atoms with Crippen LogP contribution >= 0.6 is 0 Å². The molecule has 1 N–H and O–H groups in total. The molecule has 3 heterocycles. The van der Waals surface area contributed by atoms with E-state index in [-0.39, 0.29) is 18.1 Å². The summed E-state index contributed by atoms with van der Waals surface area (Å²) in [7, 11) is 0. The molecule has 2 fully saturated rings. The van der Waals surface area contributed by atoms with E-state index in [0.717, 1.165) is 58.3 Å².